The molecule has 0 amide bonds. The summed E-state index contributed by atoms with van der Waals surface area (Å²) in [5.74, 6) is 1.49. The Bertz CT molecular complexity index is 830. The van der Waals surface area contributed by atoms with E-state index < -0.39 is 11.6 Å². The number of nitrogens with one attached hydrogen (secondary N) is 1. The van der Waals surface area contributed by atoms with E-state index in [0.29, 0.717) is 56.5 Å². The second kappa shape index (κ2) is 9.67. The molecule has 1 aromatic carbocycles. The molecule has 1 saturated heterocycles. The molecule has 3 rings (SSSR count). The quantitative estimate of drug-likeness (QED) is 0.588. The summed E-state index contributed by atoms with van der Waals surface area (Å²) < 4.78 is 32.8. The van der Waals surface area contributed by atoms with Crippen molar-refractivity contribution in [2.24, 2.45) is 4.99 Å². The van der Waals surface area contributed by atoms with Crippen LogP contribution >= 0.6 is 0 Å². The van der Waals surface area contributed by atoms with E-state index in [2.05, 4.69) is 25.3 Å². The Morgan fingerprint density at radius 3 is 2.66 bits per heavy atom. The predicted molar refractivity (Wildman–Crippen MR) is 108 cm³/mol. The van der Waals surface area contributed by atoms with Gasteiger partial charge >= 0.3 is 0 Å². The van der Waals surface area contributed by atoms with Gasteiger partial charge in [-0.15, -0.1) is 0 Å². The molecule has 0 aliphatic carbocycles. The van der Waals surface area contributed by atoms with E-state index in [4.69, 9.17) is 4.52 Å². The van der Waals surface area contributed by atoms with Crippen molar-refractivity contribution in [1.29, 1.82) is 0 Å². The minimum atomic E-state index is -0.430. The van der Waals surface area contributed by atoms with E-state index in [0.717, 1.165) is 18.6 Å². The molecule has 0 bridgehead atoms. The molecule has 2 aromatic rings. The number of aromatic nitrogens is 2. The van der Waals surface area contributed by atoms with Crippen molar-refractivity contribution in [3.05, 3.63) is 41.5 Å². The number of rotatable bonds is 6. The van der Waals surface area contributed by atoms with E-state index in [1.54, 1.807) is 0 Å². The zero-order valence-corrected chi connectivity index (χ0v) is 17.2. The summed E-state index contributed by atoms with van der Waals surface area (Å²) in [7, 11) is 0. The lowest BCUT2D eigenvalue weighted by Gasteiger charge is -2.37. The summed E-state index contributed by atoms with van der Waals surface area (Å²) in [5, 5.41) is 7.26. The Hall–Kier alpha value is -2.71. The molecular weight excluding hydrogens is 378 g/mol. The van der Waals surface area contributed by atoms with Crippen molar-refractivity contribution < 1.29 is 13.3 Å². The first-order valence-electron chi connectivity index (χ1n) is 10.0. The van der Waals surface area contributed by atoms with Crippen LogP contribution in [0.1, 0.15) is 38.4 Å². The van der Waals surface area contributed by atoms with Gasteiger partial charge < -0.3 is 19.6 Å². The zero-order valence-electron chi connectivity index (χ0n) is 17.2. The lowest BCUT2D eigenvalue weighted by Crippen LogP contribution is -2.52. The molecule has 1 aliphatic rings. The van der Waals surface area contributed by atoms with Crippen LogP contribution in [0.15, 0.2) is 27.7 Å². The Kier molecular flexibility index (Phi) is 7.00. The third-order valence-corrected chi connectivity index (χ3v) is 4.75. The number of hydrogen-bond donors (Lipinski definition) is 1. The van der Waals surface area contributed by atoms with Crippen LogP contribution in [-0.2, 0) is 6.42 Å². The van der Waals surface area contributed by atoms with Crippen molar-refractivity contribution >= 4 is 11.6 Å². The lowest BCUT2D eigenvalue weighted by atomic mass is 10.2. The maximum absolute atomic E-state index is 14.0. The van der Waals surface area contributed by atoms with E-state index in [-0.39, 0.29) is 5.92 Å². The van der Waals surface area contributed by atoms with Gasteiger partial charge in [0, 0.05) is 51.1 Å². The molecular formula is C20H28F2N6O. The van der Waals surface area contributed by atoms with Gasteiger partial charge in [-0.1, -0.05) is 19.0 Å². The molecule has 1 fully saturated rings. The minimum Gasteiger partial charge on any atom is -0.366 e. The molecule has 1 aromatic heterocycles. The molecule has 9 heteroatoms. The smallest absolute Gasteiger partial charge is 0.228 e. The van der Waals surface area contributed by atoms with E-state index in [1.807, 2.05) is 25.7 Å². The molecule has 158 valence electrons. The maximum Gasteiger partial charge on any atom is 0.228 e. The van der Waals surface area contributed by atoms with Crippen LogP contribution in [0.5, 0.6) is 0 Å². The highest BCUT2D eigenvalue weighted by molar-refractivity contribution is 5.80. The van der Waals surface area contributed by atoms with E-state index in [9.17, 15) is 8.78 Å². The van der Waals surface area contributed by atoms with Gasteiger partial charge in [-0.2, -0.15) is 4.98 Å². The molecule has 0 spiro atoms. The molecule has 0 unspecified atom stereocenters. The van der Waals surface area contributed by atoms with Crippen molar-refractivity contribution in [2.45, 2.75) is 33.1 Å². The van der Waals surface area contributed by atoms with Crippen LogP contribution in [-0.4, -0.2) is 60.3 Å². The fourth-order valence-corrected chi connectivity index (χ4v) is 3.17. The fourth-order valence-electron chi connectivity index (χ4n) is 3.17. The van der Waals surface area contributed by atoms with Gasteiger partial charge in [-0.25, -0.2) is 8.78 Å². The van der Waals surface area contributed by atoms with Gasteiger partial charge in [0.15, 0.2) is 11.8 Å². The molecule has 2 heterocycles. The molecule has 1 N–H and O–H groups in total. The molecule has 0 radical (unpaired) electrons. The third kappa shape index (κ3) is 5.42. The number of guanidine groups is 1. The number of anilines is 1. The van der Waals surface area contributed by atoms with Gasteiger partial charge in [-0.3, -0.25) is 4.99 Å². The van der Waals surface area contributed by atoms with Crippen LogP contribution in [0, 0.1) is 11.6 Å². The van der Waals surface area contributed by atoms with Crippen LogP contribution in [0.4, 0.5) is 14.5 Å². The van der Waals surface area contributed by atoms with Gasteiger partial charge in [0.05, 0.1) is 12.2 Å². The molecule has 0 atom stereocenters. The molecule has 0 saturated carbocycles. The zero-order chi connectivity index (χ0) is 20.8. The normalized spacial score (nSPS) is 15.3. The molecule has 1 aliphatic heterocycles. The summed E-state index contributed by atoms with van der Waals surface area (Å²) in [4.78, 5) is 13.0. The number of hydrogen-bond acceptors (Lipinski definition) is 5. The number of nitrogens with zero attached hydrogens (tertiary/aromatic N) is 5. The Labute approximate surface area is 169 Å². The summed E-state index contributed by atoms with van der Waals surface area (Å²) in [6.07, 6.45) is 0.573. The second-order valence-electron chi connectivity index (χ2n) is 7.26. The van der Waals surface area contributed by atoms with Crippen LogP contribution in [0.3, 0.4) is 0 Å². The SMILES string of the molecule is CCNC(=NCCc1nc(C(C)C)no1)N1CCN(c2cc(F)ccc2F)CC1. The van der Waals surface area contributed by atoms with Crippen LogP contribution < -0.4 is 10.2 Å². The first-order chi connectivity index (χ1) is 14.0. The molecule has 29 heavy (non-hydrogen) atoms. The lowest BCUT2D eigenvalue weighted by molar-refractivity contribution is 0.365. The van der Waals surface area contributed by atoms with Crippen LogP contribution in [0.2, 0.25) is 0 Å². The predicted octanol–water partition coefficient (Wildman–Crippen LogP) is 2.80. The van der Waals surface area contributed by atoms with Gasteiger partial charge in [0.1, 0.15) is 11.6 Å². The summed E-state index contributed by atoms with van der Waals surface area (Å²) in [6.45, 7) is 9.84. The Balaban J connectivity index is 1.58. The van der Waals surface area contributed by atoms with Crippen molar-refractivity contribution in [3.63, 3.8) is 0 Å². The van der Waals surface area contributed by atoms with Crippen LogP contribution in [0.25, 0.3) is 0 Å². The highest BCUT2D eigenvalue weighted by Gasteiger charge is 2.22. The van der Waals surface area contributed by atoms with Crippen molar-refractivity contribution in [1.82, 2.24) is 20.4 Å². The van der Waals surface area contributed by atoms with Gasteiger partial charge in [0.2, 0.25) is 5.89 Å². The maximum atomic E-state index is 14.0. The van der Waals surface area contributed by atoms with E-state index >= 15 is 0 Å². The number of halogens is 2. The third-order valence-electron chi connectivity index (χ3n) is 4.75. The average Bonchev–Trinajstić information content (AvgIpc) is 3.19. The number of benzene rings is 1. The highest BCUT2D eigenvalue weighted by Crippen LogP contribution is 2.22. The monoisotopic (exact) mass is 406 g/mol. The summed E-state index contributed by atoms with van der Waals surface area (Å²) >= 11 is 0. The Morgan fingerprint density at radius 1 is 1.24 bits per heavy atom. The first kappa shape index (κ1) is 21.0. The largest absolute Gasteiger partial charge is 0.366 e. The fraction of sp³-hybridized carbons (Fsp3) is 0.550. The molecule has 7 nitrogen and oxygen atoms in total. The Morgan fingerprint density at radius 2 is 2.00 bits per heavy atom. The summed E-state index contributed by atoms with van der Waals surface area (Å²) in [5.41, 5.74) is 0.309. The second-order valence-corrected chi connectivity index (χ2v) is 7.26. The number of piperazine rings is 1. The topological polar surface area (TPSA) is 69.8 Å². The standard InChI is InChI=1S/C20H28F2N6O/c1-4-23-20(24-8-7-18-25-19(14(2)3)26-29-18)28-11-9-27(10-12-28)17-13-15(21)5-6-16(17)22/h5-6,13-14H,4,7-12H2,1-3H3,(H,23,24). The van der Waals surface area contributed by atoms with Gasteiger partial charge in [0.25, 0.3) is 0 Å². The number of aliphatic imine (C=N–C) groups is 1. The van der Waals surface area contributed by atoms with Crippen molar-refractivity contribution in [2.75, 3.05) is 44.2 Å². The van der Waals surface area contributed by atoms with Crippen molar-refractivity contribution in [3.8, 4) is 0 Å². The highest BCUT2D eigenvalue weighted by atomic mass is 19.1. The average molecular weight is 406 g/mol. The van der Waals surface area contributed by atoms with E-state index in [1.165, 1.54) is 12.1 Å². The van der Waals surface area contributed by atoms with Gasteiger partial charge in [-0.05, 0) is 19.1 Å². The summed E-state index contributed by atoms with van der Waals surface area (Å²) in [6, 6.07) is 3.56. The first-order valence-corrected chi connectivity index (χ1v) is 10.0. The minimum absolute atomic E-state index is 0.229.